The number of anilines is 1. The van der Waals surface area contributed by atoms with Gasteiger partial charge in [0.1, 0.15) is 0 Å². The molecule has 0 aromatic carbocycles. The van der Waals surface area contributed by atoms with Gasteiger partial charge in [0, 0.05) is 38.7 Å². The van der Waals surface area contributed by atoms with E-state index in [1.807, 2.05) is 24.0 Å². The summed E-state index contributed by atoms with van der Waals surface area (Å²) in [6.07, 6.45) is 6.08. The van der Waals surface area contributed by atoms with Crippen LogP contribution in [0.25, 0.3) is 0 Å². The Balaban J connectivity index is 1.91. The third-order valence-corrected chi connectivity index (χ3v) is 3.15. The van der Waals surface area contributed by atoms with Gasteiger partial charge < -0.3 is 14.6 Å². The van der Waals surface area contributed by atoms with E-state index in [1.165, 1.54) is 0 Å². The first-order chi connectivity index (χ1) is 7.27. The van der Waals surface area contributed by atoms with Crippen LogP contribution in [0.3, 0.4) is 0 Å². The van der Waals surface area contributed by atoms with Crippen LogP contribution >= 0.6 is 0 Å². The third-order valence-electron chi connectivity index (χ3n) is 3.15. The van der Waals surface area contributed by atoms with E-state index < -0.39 is 0 Å². The normalized spacial score (nSPS) is 20.1. The van der Waals surface area contributed by atoms with Gasteiger partial charge in [-0.2, -0.15) is 0 Å². The van der Waals surface area contributed by atoms with E-state index in [9.17, 15) is 0 Å². The van der Waals surface area contributed by atoms with Crippen molar-refractivity contribution in [3.05, 3.63) is 12.4 Å². The number of nitrogens with zero attached hydrogens (tertiary/aromatic N) is 2. The number of hydrogen-bond donors (Lipinski definition) is 1. The molecule has 0 amide bonds. The van der Waals surface area contributed by atoms with Gasteiger partial charge in [0.2, 0.25) is 5.95 Å². The number of rotatable bonds is 3. The number of nitrogens with one attached hydrogen (secondary N) is 1. The molecule has 1 aliphatic heterocycles. The molecule has 2 heterocycles. The highest BCUT2D eigenvalue weighted by atomic mass is 16.5. The molecule has 0 saturated carbocycles. The van der Waals surface area contributed by atoms with Gasteiger partial charge in [-0.05, 0) is 25.7 Å². The van der Waals surface area contributed by atoms with Gasteiger partial charge in [-0.3, -0.25) is 0 Å². The smallest absolute Gasteiger partial charge is 0.202 e. The molecule has 1 saturated heterocycles. The van der Waals surface area contributed by atoms with Crippen molar-refractivity contribution in [2.24, 2.45) is 13.0 Å². The molecule has 1 aliphatic rings. The molecule has 15 heavy (non-hydrogen) atoms. The van der Waals surface area contributed by atoms with E-state index in [-0.39, 0.29) is 0 Å². The summed E-state index contributed by atoms with van der Waals surface area (Å²) < 4.78 is 7.37. The van der Waals surface area contributed by atoms with Crippen molar-refractivity contribution < 1.29 is 4.74 Å². The molecule has 1 aromatic rings. The predicted octanol–water partition coefficient (Wildman–Crippen LogP) is 1.65. The van der Waals surface area contributed by atoms with E-state index in [1.54, 1.807) is 0 Å². The summed E-state index contributed by atoms with van der Waals surface area (Å²) >= 11 is 0. The van der Waals surface area contributed by atoms with Crippen LogP contribution < -0.4 is 5.32 Å². The Morgan fingerprint density at radius 1 is 1.53 bits per heavy atom. The molecule has 1 aromatic heterocycles. The molecule has 0 radical (unpaired) electrons. The van der Waals surface area contributed by atoms with Crippen molar-refractivity contribution in [3.8, 4) is 0 Å². The minimum absolute atomic E-state index is 0.468. The quantitative estimate of drug-likeness (QED) is 0.822. The lowest BCUT2D eigenvalue weighted by molar-refractivity contribution is 0.0621. The van der Waals surface area contributed by atoms with Gasteiger partial charge in [0.15, 0.2) is 0 Å². The molecule has 0 spiro atoms. The highest BCUT2D eigenvalue weighted by molar-refractivity contribution is 5.27. The molecule has 4 nitrogen and oxygen atoms in total. The molecule has 2 rings (SSSR count). The topological polar surface area (TPSA) is 39.1 Å². The second kappa shape index (κ2) is 4.66. The lowest BCUT2D eigenvalue weighted by atomic mass is 9.93. The zero-order valence-electron chi connectivity index (χ0n) is 9.44. The Kier molecular flexibility index (Phi) is 3.26. The molecule has 1 N–H and O–H groups in total. The van der Waals surface area contributed by atoms with E-state index in [2.05, 4.69) is 17.2 Å². The van der Waals surface area contributed by atoms with Crippen molar-refractivity contribution in [3.63, 3.8) is 0 Å². The van der Waals surface area contributed by atoms with Crippen molar-refractivity contribution in [1.82, 2.24) is 9.55 Å². The van der Waals surface area contributed by atoms with Crippen molar-refractivity contribution in [2.45, 2.75) is 25.8 Å². The fraction of sp³-hybridized carbons (Fsp3) is 0.727. The van der Waals surface area contributed by atoms with Gasteiger partial charge in [0.05, 0.1) is 0 Å². The average molecular weight is 209 g/mol. The van der Waals surface area contributed by atoms with Crippen molar-refractivity contribution in [1.29, 1.82) is 0 Å². The Morgan fingerprint density at radius 3 is 2.87 bits per heavy atom. The van der Waals surface area contributed by atoms with Crippen LogP contribution in [0.15, 0.2) is 12.4 Å². The minimum atomic E-state index is 0.468. The van der Waals surface area contributed by atoms with E-state index >= 15 is 0 Å². The average Bonchev–Trinajstić information content (AvgIpc) is 2.66. The van der Waals surface area contributed by atoms with Gasteiger partial charge in [-0.1, -0.05) is 0 Å². The van der Waals surface area contributed by atoms with Crippen LogP contribution in [0.5, 0.6) is 0 Å². The molecular formula is C11H19N3O. The minimum Gasteiger partial charge on any atom is -0.381 e. The lowest BCUT2D eigenvalue weighted by Crippen LogP contribution is -2.31. The number of hydrogen-bond acceptors (Lipinski definition) is 3. The molecule has 1 atom stereocenters. The maximum atomic E-state index is 5.36. The number of imidazole rings is 1. The fourth-order valence-electron chi connectivity index (χ4n) is 2.04. The zero-order chi connectivity index (χ0) is 10.7. The van der Waals surface area contributed by atoms with Crippen LogP contribution in [-0.2, 0) is 11.8 Å². The van der Waals surface area contributed by atoms with E-state index in [4.69, 9.17) is 4.74 Å². The maximum Gasteiger partial charge on any atom is 0.202 e. The SMILES string of the molecule is CC(Nc1nccn1C)C1CCOCC1. The van der Waals surface area contributed by atoms with E-state index in [0.29, 0.717) is 12.0 Å². The van der Waals surface area contributed by atoms with Crippen LogP contribution in [0.1, 0.15) is 19.8 Å². The van der Waals surface area contributed by atoms with Gasteiger partial charge >= 0.3 is 0 Å². The second-order valence-electron chi connectivity index (χ2n) is 4.24. The number of ether oxygens (including phenoxy) is 1. The van der Waals surface area contributed by atoms with Crippen LogP contribution in [0.2, 0.25) is 0 Å². The standard InChI is InChI=1S/C11H19N3O/c1-9(10-3-7-15-8-4-10)13-11-12-5-6-14(11)2/h5-6,9-10H,3-4,7-8H2,1-2H3,(H,12,13). The number of aryl methyl sites for hydroxylation is 1. The summed E-state index contributed by atoms with van der Waals surface area (Å²) in [5.41, 5.74) is 0. The van der Waals surface area contributed by atoms with Crippen LogP contribution in [0.4, 0.5) is 5.95 Å². The monoisotopic (exact) mass is 209 g/mol. The van der Waals surface area contributed by atoms with Gasteiger partial charge in [-0.25, -0.2) is 4.98 Å². The molecule has 4 heteroatoms. The van der Waals surface area contributed by atoms with Gasteiger partial charge in [-0.15, -0.1) is 0 Å². The summed E-state index contributed by atoms with van der Waals surface area (Å²) in [5, 5.41) is 3.46. The summed E-state index contributed by atoms with van der Waals surface area (Å²) in [7, 11) is 2.01. The molecule has 0 aliphatic carbocycles. The Hall–Kier alpha value is -1.03. The van der Waals surface area contributed by atoms with Crippen molar-refractivity contribution >= 4 is 5.95 Å². The zero-order valence-corrected chi connectivity index (χ0v) is 9.44. The lowest BCUT2D eigenvalue weighted by Gasteiger charge is -2.28. The summed E-state index contributed by atoms with van der Waals surface area (Å²) in [4.78, 5) is 4.27. The summed E-state index contributed by atoms with van der Waals surface area (Å²) in [5.74, 6) is 1.66. The van der Waals surface area contributed by atoms with Crippen molar-refractivity contribution in [2.75, 3.05) is 18.5 Å². The maximum absolute atomic E-state index is 5.36. The Bertz CT molecular complexity index is 305. The fourth-order valence-corrected chi connectivity index (χ4v) is 2.04. The molecular weight excluding hydrogens is 190 g/mol. The molecule has 1 unspecified atom stereocenters. The Morgan fingerprint density at radius 2 is 2.27 bits per heavy atom. The molecule has 84 valence electrons. The summed E-state index contributed by atoms with van der Waals surface area (Å²) in [6, 6.07) is 0.468. The van der Waals surface area contributed by atoms with Crippen LogP contribution in [-0.4, -0.2) is 28.8 Å². The first-order valence-corrected chi connectivity index (χ1v) is 5.59. The number of aromatic nitrogens is 2. The van der Waals surface area contributed by atoms with E-state index in [0.717, 1.165) is 32.0 Å². The second-order valence-corrected chi connectivity index (χ2v) is 4.24. The summed E-state index contributed by atoms with van der Waals surface area (Å²) in [6.45, 7) is 4.03. The third kappa shape index (κ3) is 2.50. The predicted molar refractivity (Wildman–Crippen MR) is 59.8 cm³/mol. The molecule has 0 bridgehead atoms. The first-order valence-electron chi connectivity index (χ1n) is 5.59. The first kappa shape index (κ1) is 10.5. The van der Waals surface area contributed by atoms with Crippen LogP contribution in [0, 0.1) is 5.92 Å². The highest BCUT2D eigenvalue weighted by Gasteiger charge is 2.20. The highest BCUT2D eigenvalue weighted by Crippen LogP contribution is 2.20. The van der Waals surface area contributed by atoms with Gasteiger partial charge in [0.25, 0.3) is 0 Å². The largest absolute Gasteiger partial charge is 0.381 e. The Labute approximate surface area is 90.6 Å². The molecule has 1 fully saturated rings.